The average molecular weight is 259 g/mol. The van der Waals surface area contributed by atoms with Crippen molar-refractivity contribution in [2.45, 2.75) is 6.61 Å². The molecule has 0 aromatic heterocycles. The van der Waals surface area contributed by atoms with Crippen LogP contribution in [0.15, 0.2) is 48.5 Å². The maximum absolute atomic E-state index is 10.6. The van der Waals surface area contributed by atoms with Crippen molar-refractivity contribution in [1.82, 2.24) is 0 Å². The number of benzene rings is 2. The van der Waals surface area contributed by atoms with Crippen molar-refractivity contribution >= 4 is 5.69 Å². The molecule has 2 aromatic rings. The lowest BCUT2D eigenvalue weighted by Crippen LogP contribution is -1.96. The summed E-state index contributed by atoms with van der Waals surface area (Å²) in [6, 6.07) is 13.6. The second-order valence-electron chi connectivity index (χ2n) is 3.89. The predicted octanol–water partition coefficient (Wildman–Crippen LogP) is 3.18. The molecule has 0 heterocycles. The first kappa shape index (κ1) is 12.9. The molecule has 0 fully saturated rings. The zero-order valence-electron chi connectivity index (χ0n) is 10.4. The van der Waals surface area contributed by atoms with Crippen molar-refractivity contribution in [3.63, 3.8) is 0 Å². The van der Waals surface area contributed by atoms with E-state index in [1.54, 1.807) is 43.5 Å². The second kappa shape index (κ2) is 5.86. The molecule has 0 atom stereocenters. The fraction of sp³-hybridized carbons (Fsp3) is 0.143. The van der Waals surface area contributed by atoms with Crippen LogP contribution in [0.4, 0.5) is 5.69 Å². The molecule has 98 valence electrons. The highest BCUT2D eigenvalue weighted by Gasteiger charge is 2.05. The topological polar surface area (TPSA) is 61.6 Å². The van der Waals surface area contributed by atoms with Crippen molar-refractivity contribution in [2.75, 3.05) is 7.11 Å². The van der Waals surface area contributed by atoms with E-state index in [0.717, 1.165) is 11.3 Å². The fourth-order valence-electron chi connectivity index (χ4n) is 1.60. The summed E-state index contributed by atoms with van der Waals surface area (Å²) in [6.45, 7) is 0.286. The number of non-ortho nitro benzene ring substituents is 1. The highest BCUT2D eigenvalue weighted by molar-refractivity contribution is 5.35. The summed E-state index contributed by atoms with van der Waals surface area (Å²) >= 11 is 0. The molecule has 0 aliphatic heterocycles. The molecular weight excluding hydrogens is 246 g/mol. The Kier molecular flexibility index (Phi) is 3.97. The maximum Gasteiger partial charge on any atom is 0.269 e. The van der Waals surface area contributed by atoms with Gasteiger partial charge in [0.1, 0.15) is 18.1 Å². The van der Waals surface area contributed by atoms with Crippen LogP contribution in [0.1, 0.15) is 5.56 Å². The van der Waals surface area contributed by atoms with Gasteiger partial charge in [0.15, 0.2) is 0 Å². The summed E-state index contributed by atoms with van der Waals surface area (Å²) in [7, 11) is 1.60. The summed E-state index contributed by atoms with van der Waals surface area (Å²) in [5.74, 6) is 1.44. The van der Waals surface area contributed by atoms with E-state index in [-0.39, 0.29) is 12.3 Å². The van der Waals surface area contributed by atoms with Crippen LogP contribution >= 0.6 is 0 Å². The van der Waals surface area contributed by atoms with E-state index < -0.39 is 4.92 Å². The van der Waals surface area contributed by atoms with Gasteiger partial charge < -0.3 is 9.47 Å². The lowest BCUT2D eigenvalue weighted by atomic mass is 10.2. The van der Waals surface area contributed by atoms with Crippen LogP contribution in [-0.4, -0.2) is 12.0 Å². The van der Waals surface area contributed by atoms with Crippen LogP contribution in [0.25, 0.3) is 0 Å². The quantitative estimate of drug-likeness (QED) is 0.611. The van der Waals surface area contributed by atoms with Gasteiger partial charge in [0, 0.05) is 12.1 Å². The number of ether oxygens (including phenoxy) is 2. The number of rotatable bonds is 5. The Morgan fingerprint density at radius 2 is 1.79 bits per heavy atom. The van der Waals surface area contributed by atoms with Gasteiger partial charge in [-0.25, -0.2) is 0 Å². The molecule has 5 heteroatoms. The SMILES string of the molecule is COc1ccc(OCc2cccc([N+](=O)[O-])c2)cc1. The summed E-state index contributed by atoms with van der Waals surface area (Å²) in [4.78, 5) is 10.2. The highest BCUT2D eigenvalue weighted by atomic mass is 16.6. The molecule has 0 saturated heterocycles. The third-order valence-electron chi connectivity index (χ3n) is 2.59. The van der Waals surface area contributed by atoms with Crippen LogP contribution in [0.3, 0.4) is 0 Å². The smallest absolute Gasteiger partial charge is 0.269 e. The number of hydrogen-bond donors (Lipinski definition) is 0. The van der Waals surface area contributed by atoms with Gasteiger partial charge in [0.2, 0.25) is 0 Å². The van der Waals surface area contributed by atoms with Gasteiger partial charge in [0.05, 0.1) is 12.0 Å². The van der Waals surface area contributed by atoms with Crippen LogP contribution in [0.2, 0.25) is 0 Å². The van der Waals surface area contributed by atoms with E-state index in [1.807, 2.05) is 0 Å². The third kappa shape index (κ3) is 3.45. The molecule has 0 radical (unpaired) electrons. The molecule has 0 bridgehead atoms. The minimum atomic E-state index is -0.420. The molecule has 0 amide bonds. The lowest BCUT2D eigenvalue weighted by Gasteiger charge is -2.07. The predicted molar refractivity (Wildman–Crippen MR) is 70.4 cm³/mol. The van der Waals surface area contributed by atoms with Gasteiger partial charge in [0.25, 0.3) is 5.69 Å². The minimum absolute atomic E-state index is 0.0656. The van der Waals surface area contributed by atoms with Crippen molar-refractivity contribution in [3.8, 4) is 11.5 Å². The number of nitro groups is 1. The van der Waals surface area contributed by atoms with Crippen LogP contribution < -0.4 is 9.47 Å². The molecule has 0 saturated carbocycles. The number of nitro benzene ring substituents is 1. The Hall–Kier alpha value is -2.56. The molecule has 2 aromatic carbocycles. The first-order chi connectivity index (χ1) is 9.19. The first-order valence-corrected chi connectivity index (χ1v) is 5.69. The Morgan fingerprint density at radius 1 is 1.11 bits per heavy atom. The Bertz CT molecular complexity index is 566. The van der Waals surface area contributed by atoms with Gasteiger partial charge in [-0.2, -0.15) is 0 Å². The summed E-state index contributed by atoms with van der Waals surface area (Å²) < 4.78 is 10.6. The first-order valence-electron chi connectivity index (χ1n) is 5.69. The number of hydrogen-bond acceptors (Lipinski definition) is 4. The molecule has 0 aliphatic carbocycles. The summed E-state index contributed by atoms with van der Waals surface area (Å²) in [5, 5.41) is 10.6. The van der Waals surface area contributed by atoms with Crippen LogP contribution in [0, 0.1) is 10.1 Å². The van der Waals surface area contributed by atoms with Crippen LogP contribution in [-0.2, 0) is 6.61 Å². The fourth-order valence-corrected chi connectivity index (χ4v) is 1.60. The van der Waals surface area contributed by atoms with Crippen molar-refractivity contribution in [3.05, 3.63) is 64.2 Å². The summed E-state index contributed by atoms with van der Waals surface area (Å²) in [5.41, 5.74) is 0.820. The maximum atomic E-state index is 10.6. The van der Waals surface area contributed by atoms with E-state index in [2.05, 4.69) is 0 Å². The molecule has 0 spiro atoms. The van der Waals surface area contributed by atoms with Crippen molar-refractivity contribution < 1.29 is 14.4 Å². The van der Waals surface area contributed by atoms with Gasteiger partial charge in [-0.15, -0.1) is 0 Å². The lowest BCUT2D eigenvalue weighted by molar-refractivity contribution is -0.384. The second-order valence-corrected chi connectivity index (χ2v) is 3.89. The van der Waals surface area contributed by atoms with Gasteiger partial charge in [-0.05, 0) is 29.8 Å². The summed E-state index contributed by atoms with van der Waals surface area (Å²) in [6.07, 6.45) is 0. The minimum Gasteiger partial charge on any atom is -0.497 e. The molecule has 0 N–H and O–H groups in total. The standard InChI is InChI=1S/C14H13NO4/c1-18-13-5-7-14(8-6-13)19-10-11-3-2-4-12(9-11)15(16)17/h2-9H,10H2,1H3. The third-order valence-corrected chi connectivity index (χ3v) is 2.59. The normalized spacial score (nSPS) is 9.95. The zero-order valence-corrected chi connectivity index (χ0v) is 10.4. The van der Waals surface area contributed by atoms with Gasteiger partial charge >= 0.3 is 0 Å². The van der Waals surface area contributed by atoms with E-state index >= 15 is 0 Å². The highest BCUT2D eigenvalue weighted by Crippen LogP contribution is 2.19. The molecule has 5 nitrogen and oxygen atoms in total. The van der Waals surface area contributed by atoms with Crippen molar-refractivity contribution in [2.24, 2.45) is 0 Å². The number of nitrogens with zero attached hydrogens (tertiary/aromatic N) is 1. The van der Waals surface area contributed by atoms with Crippen LogP contribution in [0.5, 0.6) is 11.5 Å². The van der Waals surface area contributed by atoms with Gasteiger partial charge in [-0.1, -0.05) is 12.1 Å². The molecule has 0 unspecified atom stereocenters. The molecular formula is C14H13NO4. The van der Waals surface area contributed by atoms with E-state index in [0.29, 0.717) is 5.75 Å². The Balaban J connectivity index is 2.01. The largest absolute Gasteiger partial charge is 0.497 e. The van der Waals surface area contributed by atoms with Gasteiger partial charge in [-0.3, -0.25) is 10.1 Å². The Morgan fingerprint density at radius 3 is 2.42 bits per heavy atom. The molecule has 2 rings (SSSR count). The van der Waals surface area contributed by atoms with Crippen molar-refractivity contribution in [1.29, 1.82) is 0 Å². The zero-order chi connectivity index (χ0) is 13.7. The average Bonchev–Trinajstić information content (AvgIpc) is 2.46. The number of methoxy groups -OCH3 is 1. The monoisotopic (exact) mass is 259 g/mol. The molecule has 19 heavy (non-hydrogen) atoms. The van der Waals surface area contributed by atoms with E-state index in [4.69, 9.17) is 9.47 Å². The Labute approximate surface area is 110 Å². The molecule has 0 aliphatic rings. The van der Waals surface area contributed by atoms with E-state index in [1.165, 1.54) is 12.1 Å². The van der Waals surface area contributed by atoms with E-state index in [9.17, 15) is 10.1 Å².